The van der Waals surface area contributed by atoms with Crippen LogP contribution in [-0.2, 0) is 0 Å². The molecule has 0 amide bonds. The molecule has 0 saturated heterocycles. The van der Waals surface area contributed by atoms with E-state index in [2.05, 4.69) is 40.1 Å². The zero-order valence-electron chi connectivity index (χ0n) is 7.64. The Bertz CT molecular complexity index is 291. The van der Waals surface area contributed by atoms with Crippen LogP contribution in [0, 0.1) is 0 Å². The van der Waals surface area contributed by atoms with E-state index in [-0.39, 0.29) is 0 Å². The van der Waals surface area contributed by atoms with Gasteiger partial charge in [0.05, 0.1) is 5.69 Å². The van der Waals surface area contributed by atoms with Crippen molar-refractivity contribution in [2.75, 3.05) is 5.32 Å². The van der Waals surface area contributed by atoms with Crippen LogP contribution < -0.4 is 5.32 Å². The Kier molecular flexibility index (Phi) is 4.00. The zero-order valence-corrected chi connectivity index (χ0v) is 9.98. The largest absolute Gasteiger partial charge is 0.380 e. The topological polar surface area (TPSA) is 24.9 Å². The predicted molar refractivity (Wildman–Crippen MR) is 60.3 cm³/mol. The molecule has 0 spiro atoms. The summed E-state index contributed by atoms with van der Waals surface area (Å²) in [6.45, 7) is 4.23. The van der Waals surface area contributed by atoms with Gasteiger partial charge < -0.3 is 5.32 Å². The lowest BCUT2D eigenvalue weighted by Crippen LogP contribution is -2.13. The Labute approximate surface area is 91.8 Å². The fourth-order valence-electron chi connectivity index (χ4n) is 0.891. The highest BCUT2D eigenvalue weighted by atomic mass is 79.9. The van der Waals surface area contributed by atoms with Crippen molar-refractivity contribution in [3.05, 3.63) is 21.9 Å². The lowest BCUT2D eigenvalue weighted by atomic mass is 10.2. The summed E-state index contributed by atoms with van der Waals surface area (Å²) >= 11 is 9.25. The minimum atomic E-state index is 0.411. The lowest BCUT2D eigenvalue weighted by molar-refractivity contribution is 0.763. The average Bonchev–Trinajstić information content (AvgIpc) is 2.11. The molecule has 0 aromatic carbocycles. The molecule has 1 atom stereocenters. The smallest absolute Gasteiger partial charge is 0.152 e. The van der Waals surface area contributed by atoms with E-state index in [1.807, 2.05) is 6.07 Å². The molecule has 2 nitrogen and oxygen atoms in total. The molecule has 1 heterocycles. The van der Waals surface area contributed by atoms with Gasteiger partial charge in [-0.15, -0.1) is 0 Å². The Morgan fingerprint density at radius 3 is 3.00 bits per heavy atom. The van der Waals surface area contributed by atoms with Crippen molar-refractivity contribution < 1.29 is 0 Å². The van der Waals surface area contributed by atoms with Crippen LogP contribution in [0.25, 0.3) is 0 Å². The average molecular weight is 264 g/mol. The molecule has 1 aromatic rings. The number of pyridine rings is 1. The van der Waals surface area contributed by atoms with Gasteiger partial charge in [-0.05, 0) is 35.3 Å². The van der Waals surface area contributed by atoms with Crippen LogP contribution in [0.4, 0.5) is 5.69 Å². The quantitative estimate of drug-likeness (QED) is 0.841. The molecule has 1 N–H and O–H groups in total. The standard InChI is InChI=1S/C9H12BrClN2/c1-3-6(2)13-8-4-7(10)5-12-9(8)11/h4-6,13H,3H2,1-2H3. The predicted octanol–water partition coefficient (Wildman–Crippen LogP) is 3.71. The third kappa shape index (κ3) is 3.16. The molecule has 1 aromatic heterocycles. The maximum Gasteiger partial charge on any atom is 0.152 e. The van der Waals surface area contributed by atoms with Crippen LogP contribution in [-0.4, -0.2) is 11.0 Å². The molecule has 13 heavy (non-hydrogen) atoms. The summed E-state index contributed by atoms with van der Waals surface area (Å²) in [6, 6.07) is 2.34. The van der Waals surface area contributed by atoms with Gasteiger partial charge in [0, 0.05) is 16.7 Å². The number of halogens is 2. The monoisotopic (exact) mass is 262 g/mol. The van der Waals surface area contributed by atoms with Crippen molar-refractivity contribution in [3.8, 4) is 0 Å². The van der Waals surface area contributed by atoms with E-state index in [1.165, 1.54) is 0 Å². The van der Waals surface area contributed by atoms with Gasteiger partial charge in [0.1, 0.15) is 0 Å². The van der Waals surface area contributed by atoms with Gasteiger partial charge in [-0.25, -0.2) is 4.98 Å². The van der Waals surface area contributed by atoms with Crippen LogP contribution >= 0.6 is 27.5 Å². The Morgan fingerprint density at radius 2 is 2.38 bits per heavy atom. The second-order valence-electron chi connectivity index (χ2n) is 2.95. The number of aromatic nitrogens is 1. The van der Waals surface area contributed by atoms with E-state index < -0.39 is 0 Å². The van der Waals surface area contributed by atoms with Crippen LogP contribution in [0.3, 0.4) is 0 Å². The highest BCUT2D eigenvalue weighted by Crippen LogP contribution is 2.23. The van der Waals surface area contributed by atoms with E-state index >= 15 is 0 Å². The molecule has 0 aliphatic carbocycles. The molecule has 72 valence electrons. The Morgan fingerprint density at radius 1 is 1.69 bits per heavy atom. The van der Waals surface area contributed by atoms with Crippen molar-refractivity contribution in [3.63, 3.8) is 0 Å². The molecule has 1 unspecified atom stereocenters. The fourth-order valence-corrected chi connectivity index (χ4v) is 1.38. The molecule has 1 rings (SSSR count). The van der Waals surface area contributed by atoms with Gasteiger partial charge >= 0.3 is 0 Å². The van der Waals surface area contributed by atoms with Crippen LogP contribution in [0.1, 0.15) is 20.3 Å². The minimum absolute atomic E-state index is 0.411. The molecule has 0 bridgehead atoms. The van der Waals surface area contributed by atoms with Crippen molar-refractivity contribution >= 4 is 33.2 Å². The number of rotatable bonds is 3. The van der Waals surface area contributed by atoms with Gasteiger partial charge in [0.2, 0.25) is 0 Å². The first-order valence-corrected chi connectivity index (χ1v) is 5.38. The van der Waals surface area contributed by atoms with Gasteiger partial charge in [0.15, 0.2) is 5.15 Å². The molecule has 0 aliphatic rings. The van der Waals surface area contributed by atoms with E-state index in [1.54, 1.807) is 6.20 Å². The fraction of sp³-hybridized carbons (Fsp3) is 0.444. The summed E-state index contributed by atoms with van der Waals surface area (Å²) < 4.78 is 0.933. The van der Waals surface area contributed by atoms with Crippen molar-refractivity contribution in [1.82, 2.24) is 4.98 Å². The minimum Gasteiger partial charge on any atom is -0.380 e. The number of nitrogens with zero attached hydrogens (tertiary/aromatic N) is 1. The van der Waals surface area contributed by atoms with Gasteiger partial charge in [-0.1, -0.05) is 18.5 Å². The van der Waals surface area contributed by atoms with E-state index in [4.69, 9.17) is 11.6 Å². The second-order valence-corrected chi connectivity index (χ2v) is 4.22. The molecular formula is C9H12BrClN2. The number of anilines is 1. The second kappa shape index (κ2) is 4.82. The van der Waals surface area contributed by atoms with Gasteiger partial charge in [0.25, 0.3) is 0 Å². The summed E-state index contributed by atoms with van der Waals surface area (Å²) in [4.78, 5) is 4.02. The van der Waals surface area contributed by atoms with Crippen molar-refractivity contribution in [1.29, 1.82) is 0 Å². The third-order valence-electron chi connectivity index (χ3n) is 1.82. The summed E-state index contributed by atoms with van der Waals surface area (Å²) in [5.41, 5.74) is 0.880. The van der Waals surface area contributed by atoms with Crippen LogP contribution in [0.5, 0.6) is 0 Å². The van der Waals surface area contributed by atoms with E-state index in [9.17, 15) is 0 Å². The molecule has 4 heteroatoms. The maximum atomic E-state index is 5.90. The normalized spacial score (nSPS) is 12.6. The summed E-state index contributed by atoms with van der Waals surface area (Å²) in [5, 5.41) is 3.79. The molecule has 0 fully saturated rings. The number of nitrogens with one attached hydrogen (secondary N) is 1. The van der Waals surface area contributed by atoms with Crippen LogP contribution in [0.2, 0.25) is 5.15 Å². The van der Waals surface area contributed by atoms with Gasteiger partial charge in [-0.2, -0.15) is 0 Å². The van der Waals surface area contributed by atoms with E-state index in [0.717, 1.165) is 16.6 Å². The molecule has 0 radical (unpaired) electrons. The first-order valence-electron chi connectivity index (χ1n) is 4.21. The third-order valence-corrected chi connectivity index (χ3v) is 2.55. The van der Waals surface area contributed by atoms with Crippen molar-refractivity contribution in [2.24, 2.45) is 0 Å². The highest BCUT2D eigenvalue weighted by molar-refractivity contribution is 9.10. The Hall–Kier alpha value is -0.280. The maximum absolute atomic E-state index is 5.90. The molecule has 0 aliphatic heterocycles. The SMILES string of the molecule is CCC(C)Nc1cc(Br)cnc1Cl. The highest BCUT2D eigenvalue weighted by Gasteiger charge is 2.04. The van der Waals surface area contributed by atoms with E-state index in [0.29, 0.717) is 11.2 Å². The number of hydrogen-bond acceptors (Lipinski definition) is 2. The Balaban J connectivity index is 2.81. The molecular weight excluding hydrogens is 251 g/mol. The molecule has 0 saturated carbocycles. The summed E-state index contributed by atoms with van der Waals surface area (Å²) in [5.74, 6) is 0. The lowest BCUT2D eigenvalue weighted by Gasteiger charge is -2.13. The summed E-state index contributed by atoms with van der Waals surface area (Å²) in [7, 11) is 0. The number of hydrogen-bond donors (Lipinski definition) is 1. The summed E-state index contributed by atoms with van der Waals surface area (Å²) in [6.07, 6.45) is 2.74. The first-order chi connectivity index (χ1) is 6.13. The van der Waals surface area contributed by atoms with Gasteiger partial charge in [-0.3, -0.25) is 0 Å². The van der Waals surface area contributed by atoms with Crippen LogP contribution in [0.15, 0.2) is 16.7 Å². The van der Waals surface area contributed by atoms with Crippen molar-refractivity contribution in [2.45, 2.75) is 26.3 Å². The first kappa shape index (κ1) is 10.8. The zero-order chi connectivity index (χ0) is 9.84.